The molecule has 30 heteroatoms. The molecule has 4 rings (SSSR count). The summed E-state index contributed by atoms with van der Waals surface area (Å²) in [6, 6.07) is -0.886. The molecule has 2 saturated heterocycles. The van der Waals surface area contributed by atoms with Crippen molar-refractivity contribution in [1.29, 1.82) is 0 Å². The third-order valence-electron chi connectivity index (χ3n) is 14.3. The number of carbonyl (C=O) groups is 10. The predicted octanol–water partition coefficient (Wildman–Crippen LogP) is -6.10. The van der Waals surface area contributed by atoms with Crippen molar-refractivity contribution in [2.75, 3.05) is 105 Å². The lowest BCUT2D eigenvalue weighted by Crippen LogP contribution is -2.60. The lowest BCUT2D eigenvalue weighted by Gasteiger charge is -2.33. The van der Waals surface area contributed by atoms with Gasteiger partial charge in [-0.1, -0.05) is 0 Å². The first-order chi connectivity index (χ1) is 35.3. The summed E-state index contributed by atoms with van der Waals surface area (Å²) in [6.45, 7) is 2.34. The van der Waals surface area contributed by atoms with Crippen LogP contribution in [-0.2, 0) is 47.9 Å². The normalized spacial score (nSPS) is 24.3. The molecule has 0 aromatic carbocycles. The number of likely N-dealkylation sites (tertiary alicyclic amines) is 1. The van der Waals surface area contributed by atoms with Crippen LogP contribution in [0.3, 0.4) is 0 Å². The average molecular weight is 1070 g/mol. The van der Waals surface area contributed by atoms with Crippen molar-refractivity contribution in [2.45, 2.75) is 94.7 Å². The largest absolute Gasteiger partial charge is 0.481 e. The molecule has 2 saturated carbocycles. The number of hydrogen-bond acceptors (Lipinski definition) is 17. The third-order valence-corrected chi connectivity index (χ3v) is 14.3. The van der Waals surface area contributed by atoms with Gasteiger partial charge in [-0.3, -0.25) is 72.5 Å². The first kappa shape index (κ1) is 61.3. The molecule has 2 aliphatic heterocycles. The van der Waals surface area contributed by atoms with Crippen molar-refractivity contribution in [1.82, 2.24) is 51.1 Å². The van der Waals surface area contributed by atoms with Gasteiger partial charge < -0.3 is 73.4 Å². The molecule has 0 aromatic rings. The van der Waals surface area contributed by atoms with Crippen molar-refractivity contribution in [3.8, 4) is 0 Å². The number of nitrogens with zero attached hydrogens (tertiary/aromatic N) is 6. The van der Waals surface area contributed by atoms with Gasteiger partial charge in [-0.05, 0) is 77.0 Å². The Bertz CT molecular complexity index is 2060. The zero-order valence-electron chi connectivity index (χ0n) is 42.7. The molecule has 6 amide bonds. The van der Waals surface area contributed by atoms with Gasteiger partial charge in [-0.15, -0.1) is 0 Å². The molecule has 3 unspecified atom stereocenters. The number of guanidine groups is 1. The summed E-state index contributed by atoms with van der Waals surface area (Å²) in [6.07, 6.45) is 2.46. The van der Waals surface area contributed by atoms with Crippen LogP contribution in [0.1, 0.15) is 71.6 Å². The highest BCUT2D eigenvalue weighted by Crippen LogP contribution is 2.46. The molecule has 15 N–H and O–H groups in total. The summed E-state index contributed by atoms with van der Waals surface area (Å²) in [5.41, 5.74) is 7.47. The molecular formula is C45H76BN13O16. The highest BCUT2D eigenvalue weighted by Gasteiger charge is 2.60. The van der Waals surface area contributed by atoms with Gasteiger partial charge >= 0.3 is 31.0 Å². The van der Waals surface area contributed by atoms with Crippen molar-refractivity contribution in [3.63, 3.8) is 0 Å². The van der Waals surface area contributed by atoms with Gasteiger partial charge in [0.05, 0.1) is 45.1 Å². The summed E-state index contributed by atoms with van der Waals surface area (Å²) in [7, 11) is -1.69. The van der Waals surface area contributed by atoms with Crippen LogP contribution in [0.4, 0.5) is 0 Å². The van der Waals surface area contributed by atoms with Crippen LogP contribution < -0.4 is 38.1 Å². The Morgan fingerprint density at radius 2 is 1.23 bits per heavy atom. The summed E-state index contributed by atoms with van der Waals surface area (Å²) in [4.78, 5) is 140. The van der Waals surface area contributed by atoms with Gasteiger partial charge in [-0.25, -0.2) is 0 Å². The number of carboxylic acids is 4. The van der Waals surface area contributed by atoms with Crippen LogP contribution in [-0.4, -0.2) is 255 Å². The minimum absolute atomic E-state index is 0.0904. The Hall–Kier alpha value is -6.21. The summed E-state index contributed by atoms with van der Waals surface area (Å²) in [5, 5.41) is 70.9. The van der Waals surface area contributed by atoms with Crippen LogP contribution >= 0.6 is 0 Å². The number of hydrogen-bond donors (Lipinski definition) is 13. The number of amides is 6. The summed E-state index contributed by atoms with van der Waals surface area (Å²) < 4.78 is 0. The van der Waals surface area contributed by atoms with Crippen LogP contribution in [0.2, 0.25) is 0 Å². The Morgan fingerprint density at radius 3 is 1.71 bits per heavy atom. The van der Waals surface area contributed by atoms with E-state index in [1.54, 1.807) is 19.6 Å². The monoisotopic (exact) mass is 1070 g/mol. The highest BCUT2D eigenvalue weighted by molar-refractivity contribution is 6.43. The lowest BCUT2D eigenvalue weighted by molar-refractivity contribution is -0.144. The molecule has 2 heterocycles. The molecule has 0 spiro atoms. The van der Waals surface area contributed by atoms with Crippen LogP contribution in [0, 0.1) is 17.8 Å². The van der Waals surface area contributed by atoms with Crippen LogP contribution in [0.5, 0.6) is 0 Å². The van der Waals surface area contributed by atoms with E-state index >= 15 is 0 Å². The fourth-order valence-electron chi connectivity index (χ4n) is 10.0. The van der Waals surface area contributed by atoms with E-state index in [1.807, 2.05) is 0 Å². The lowest BCUT2D eigenvalue weighted by atomic mass is 9.77. The van der Waals surface area contributed by atoms with Crippen molar-refractivity contribution in [2.24, 2.45) is 34.2 Å². The molecule has 0 radical (unpaired) electrons. The number of nitrogens with one attached hydrogen (secondary N) is 5. The molecule has 0 bridgehead atoms. The molecule has 5 atom stereocenters. The maximum atomic E-state index is 14.0. The number of aliphatic imine (C=N–C) groups is 1. The summed E-state index contributed by atoms with van der Waals surface area (Å²) >= 11 is 0. The first-order valence-electron chi connectivity index (χ1n) is 25.3. The van der Waals surface area contributed by atoms with E-state index in [0.29, 0.717) is 45.1 Å². The molecule has 29 nitrogen and oxygen atoms in total. The van der Waals surface area contributed by atoms with Crippen molar-refractivity contribution in [3.05, 3.63) is 0 Å². The highest BCUT2D eigenvalue weighted by atomic mass is 16.4. The zero-order chi connectivity index (χ0) is 55.6. The van der Waals surface area contributed by atoms with E-state index in [4.69, 9.17) is 11.5 Å². The van der Waals surface area contributed by atoms with E-state index in [0.717, 1.165) is 0 Å². The minimum atomic E-state index is -1.98. The summed E-state index contributed by atoms with van der Waals surface area (Å²) in [5.74, 6) is -10.6. The Labute approximate surface area is 434 Å². The van der Waals surface area contributed by atoms with Gasteiger partial charge in [0.15, 0.2) is 5.96 Å². The number of rotatable bonds is 25. The van der Waals surface area contributed by atoms with E-state index in [2.05, 4.69) is 31.6 Å². The molecule has 420 valence electrons. The second-order valence-electron chi connectivity index (χ2n) is 20.2. The average Bonchev–Trinajstić information content (AvgIpc) is 3.76. The smallest absolute Gasteiger partial charge is 0.475 e. The molecular weight excluding hydrogens is 989 g/mol. The van der Waals surface area contributed by atoms with E-state index in [1.165, 1.54) is 18.7 Å². The quantitative estimate of drug-likeness (QED) is 0.0230. The van der Waals surface area contributed by atoms with Crippen molar-refractivity contribution >= 4 is 72.4 Å². The first-order valence-corrected chi connectivity index (χ1v) is 25.3. The number of carbonyl (C=O) groups excluding carboxylic acids is 6. The number of carboxylic acid groups (broad SMARTS) is 4. The maximum Gasteiger partial charge on any atom is 0.475 e. The van der Waals surface area contributed by atoms with Crippen LogP contribution in [0.15, 0.2) is 4.99 Å². The molecule has 0 aromatic heterocycles. The number of nitrogens with two attached hydrogens (primary N) is 2. The Morgan fingerprint density at radius 1 is 0.707 bits per heavy atom. The Balaban J connectivity index is 1.36. The van der Waals surface area contributed by atoms with Gasteiger partial charge in [-0.2, -0.15) is 0 Å². The van der Waals surface area contributed by atoms with Gasteiger partial charge in [0.1, 0.15) is 17.1 Å². The minimum Gasteiger partial charge on any atom is -0.481 e. The van der Waals surface area contributed by atoms with Gasteiger partial charge in [0.25, 0.3) is 0 Å². The number of aliphatic carboxylic acids is 4. The van der Waals surface area contributed by atoms with E-state index < -0.39 is 108 Å². The van der Waals surface area contributed by atoms with Crippen LogP contribution in [0.25, 0.3) is 0 Å². The fourth-order valence-corrected chi connectivity index (χ4v) is 10.0. The molecule has 4 aliphatic rings. The topological polar surface area (TPSA) is 433 Å². The standard InChI is InChI=1S/C45H76BN13O16/c1-28(40(71)59-11-3-4-32(59)46(74)75)52-39(70)30-7-5-29(6-8-30)22-50-41(72)44(2,21-35(62)63)53-33(60)23-51-42(73)45(20-31(45)9-10-49-43(47)48)54-34(61)24-55-12-14-56(25-36(64)65)16-18-58(27-38(68)69)19-17-57(15-13-55)26-37(66)67/h28-32,74-75H,3-27H2,1-2H3,(H,50,72)(H,51,73)(H,52,70)(H,53,60)(H,54,61)(H,62,63)(H,64,65)(H,66,67)(H,68,69)(H4,47,48,49)/t28-,29?,30?,31?,32+,44?,45?/m1/s1. The van der Waals surface area contributed by atoms with Gasteiger partial charge in [0.2, 0.25) is 35.4 Å². The third kappa shape index (κ3) is 19.8. The second-order valence-corrected chi connectivity index (χ2v) is 20.2. The molecule has 4 fully saturated rings. The zero-order valence-corrected chi connectivity index (χ0v) is 42.7. The van der Waals surface area contributed by atoms with E-state index in [-0.39, 0.29) is 122 Å². The Kier molecular flexibility index (Phi) is 23.4. The SMILES string of the molecule is C[C@@H](NC(=O)C1CCC(CNC(=O)C(C)(CC(=O)O)NC(=O)CNC(=O)C2(NC(=O)CN3CCN(CC(=O)O)CCN(CC(=O)O)CCN(CC(=O)O)CC3)CC2CCN=C(N)N)CC1)C(=O)N1CCC[C@H]1B(O)O. The molecule has 2 aliphatic carbocycles. The molecule has 75 heavy (non-hydrogen) atoms. The van der Waals surface area contributed by atoms with Crippen molar-refractivity contribution < 1.29 is 78.4 Å². The maximum absolute atomic E-state index is 14.0. The van der Waals surface area contributed by atoms with Gasteiger partial charge in [0, 0.05) is 77.9 Å². The predicted molar refractivity (Wildman–Crippen MR) is 266 cm³/mol. The van der Waals surface area contributed by atoms with E-state index in [9.17, 15) is 78.4 Å². The fraction of sp³-hybridized carbons (Fsp3) is 0.756. The second kappa shape index (κ2) is 28.6.